The van der Waals surface area contributed by atoms with E-state index in [0.717, 1.165) is 32.6 Å². The average molecular weight is 428 g/mol. The van der Waals surface area contributed by atoms with E-state index in [0.29, 0.717) is 4.88 Å². The van der Waals surface area contributed by atoms with Gasteiger partial charge in [0.2, 0.25) is 0 Å². The molecule has 0 bridgehead atoms. The maximum Gasteiger partial charge on any atom is 0.501 e. The summed E-state index contributed by atoms with van der Waals surface area (Å²) in [6.45, 7) is 2.93. The molecule has 3 rings (SSSR count). The zero-order chi connectivity index (χ0) is 22.0. The Morgan fingerprint density at radius 2 is 1.87 bits per heavy atom. The second-order valence-electron chi connectivity index (χ2n) is 6.56. The van der Waals surface area contributed by atoms with Crippen LogP contribution in [0.4, 0.5) is 4.79 Å². The lowest BCUT2D eigenvalue weighted by atomic mass is 10.1. The largest absolute Gasteiger partial charge is 0.501 e. The Morgan fingerprint density at radius 3 is 2.47 bits per heavy atom. The van der Waals surface area contributed by atoms with Gasteiger partial charge in [0.1, 0.15) is 30.2 Å². The molecule has 0 saturated heterocycles. The number of imide groups is 1. The van der Waals surface area contributed by atoms with Crippen LogP contribution in [0.15, 0.2) is 48.6 Å². The number of thiophene rings is 1. The zero-order valence-corrected chi connectivity index (χ0v) is 16.5. The van der Waals surface area contributed by atoms with Crippen LogP contribution >= 0.6 is 11.3 Å². The van der Waals surface area contributed by atoms with E-state index in [1.54, 1.807) is 6.07 Å². The molecule has 1 aromatic carbocycles. The highest BCUT2D eigenvalue weighted by atomic mass is 32.1. The van der Waals surface area contributed by atoms with Gasteiger partial charge in [-0.05, 0) is 11.6 Å². The van der Waals surface area contributed by atoms with Gasteiger partial charge in [-0.25, -0.2) is 9.59 Å². The fourth-order valence-electron chi connectivity index (χ4n) is 2.92. The summed E-state index contributed by atoms with van der Waals surface area (Å²) in [5.74, 6) is -3.17. The number of rotatable bonds is 7. The molecule has 154 valence electrons. The van der Waals surface area contributed by atoms with E-state index in [1.807, 2.05) is 30.3 Å². The van der Waals surface area contributed by atoms with E-state index >= 15 is 0 Å². The van der Waals surface area contributed by atoms with Crippen molar-refractivity contribution >= 4 is 41.4 Å². The average Bonchev–Trinajstić information content (AvgIpc) is 3.14. The number of carbonyl (C=O) groups is 4. The normalized spacial score (nSPS) is 15.2. The van der Waals surface area contributed by atoms with Crippen molar-refractivity contribution in [3.8, 4) is 10.4 Å². The minimum atomic E-state index is -1.35. The Labute approximate surface area is 175 Å². The van der Waals surface area contributed by atoms with E-state index in [9.17, 15) is 24.3 Å². The number of aliphatic carboxylic acids is 1. The first-order chi connectivity index (χ1) is 14.2. The van der Waals surface area contributed by atoms with Crippen LogP contribution in [0.25, 0.3) is 10.4 Å². The molecule has 3 amide bonds. The minimum absolute atomic E-state index is 0.00315. The van der Waals surface area contributed by atoms with Gasteiger partial charge >= 0.3 is 23.9 Å². The van der Waals surface area contributed by atoms with Crippen molar-refractivity contribution in [2.75, 3.05) is 6.54 Å². The van der Waals surface area contributed by atoms with Crippen LogP contribution in [0.5, 0.6) is 0 Å². The van der Waals surface area contributed by atoms with Gasteiger partial charge in [0.05, 0.1) is 5.57 Å². The quantitative estimate of drug-likeness (QED) is 0.449. The maximum atomic E-state index is 12.8. The van der Waals surface area contributed by atoms with E-state index in [-0.39, 0.29) is 29.1 Å². The van der Waals surface area contributed by atoms with Gasteiger partial charge in [0.15, 0.2) is 0 Å². The molecule has 0 aliphatic carbocycles. The zero-order valence-electron chi connectivity index (χ0n) is 15.6. The lowest BCUT2D eigenvalue weighted by Crippen LogP contribution is -2.51. The van der Waals surface area contributed by atoms with Crippen LogP contribution in [-0.2, 0) is 16.1 Å². The van der Waals surface area contributed by atoms with Crippen LogP contribution in [0.3, 0.4) is 0 Å². The predicted molar refractivity (Wildman–Crippen MR) is 109 cm³/mol. The molecule has 4 N–H and O–H groups in total. The number of carboxylic acid groups (broad SMARTS) is 2. The van der Waals surface area contributed by atoms with Gasteiger partial charge in [0, 0.05) is 10.4 Å². The molecule has 9 nitrogen and oxygen atoms in total. The Kier molecular flexibility index (Phi) is 5.90. The molecule has 0 spiro atoms. The van der Waals surface area contributed by atoms with Crippen LogP contribution in [0.2, 0.25) is 0 Å². The molecular weight excluding hydrogens is 410 g/mol. The number of nitrogens with two attached hydrogens (primary N) is 1. The Hall–Kier alpha value is -3.63. The van der Waals surface area contributed by atoms with E-state index in [4.69, 9.17) is 10.8 Å². The molecule has 1 aromatic heterocycles. The summed E-state index contributed by atoms with van der Waals surface area (Å²) in [6, 6.07) is 8.58. The highest BCUT2D eigenvalue weighted by Crippen LogP contribution is 2.32. The van der Waals surface area contributed by atoms with Crippen molar-refractivity contribution in [2.45, 2.75) is 12.6 Å². The summed E-state index contributed by atoms with van der Waals surface area (Å²) in [5.41, 5.74) is 6.54. The first-order valence-corrected chi connectivity index (χ1v) is 9.56. The Morgan fingerprint density at radius 1 is 1.20 bits per heavy atom. The van der Waals surface area contributed by atoms with Gasteiger partial charge in [-0.15, -0.1) is 11.3 Å². The number of amides is 3. The number of hydrogen-bond donors (Lipinski definition) is 3. The molecule has 2 aromatic rings. The van der Waals surface area contributed by atoms with Gasteiger partial charge in [0.25, 0.3) is 0 Å². The monoisotopic (exact) mass is 428 g/mol. The number of nitrogens with zero attached hydrogens (tertiary/aromatic N) is 2. The van der Waals surface area contributed by atoms with Crippen molar-refractivity contribution in [3.63, 3.8) is 0 Å². The highest BCUT2D eigenvalue weighted by molar-refractivity contribution is 7.17. The first-order valence-electron chi connectivity index (χ1n) is 8.75. The Balaban J connectivity index is 1.94. The van der Waals surface area contributed by atoms with Gasteiger partial charge in [-0.2, -0.15) is 14.3 Å². The van der Waals surface area contributed by atoms with Crippen LogP contribution in [-0.4, -0.2) is 62.4 Å². The standard InChI is InChI=1S/C20H17N3O6S/c1-11-8-22(10-14(21)18(25)26)20(29)23(17(11)24)9-13-7-15(30-16(13)19(27)28)12-5-3-2-4-6-12/h2-8,14H,1,9-10,21H2,(H-,25,26,27,28)/p+1/t14-/m0/s1. The summed E-state index contributed by atoms with van der Waals surface area (Å²) in [4.78, 5) is 49.5. The number of aromatic carboxylic acids is 1. The van der Waals surface area contributed by atoms with Crippen molar-refractivity contribution < 1.29 is 34.0 Å². The van der Waals surface area contributed by atoms with Crippen molar-refractivity contribution in [1.82, 2.24) is 4.90 Å². The number of benzene rings is 1. The molecule has 0 saturated carbocycles. The number of carbonyl (C=O) groups excluding carboxylic acids is 2. The number of hydrogen-bond acceptors (Lipinski definition) is 6. The van der Waals surface area contributed by atoms with Gasteiger partial charge < -0.3 is 15.9 Å². The van der Waals surface area contributed by atoms with E-state index in [1.165, 1.54) is 0 Å². The third kappa shape index (κ3) is 4.19. The topological polar surface area (TPSA) is 141 Å². The van der Waals surface area contributed by atoms with Gasteiger partial charge in [-0.1, -0.05) is 36.9 Å². The Bertz CT molecular complexity index is 1090. The minimum Gasteiger partial charge on any atom is -0.480 e. The highest BCUT2D eigenvalue weighted by Gasteiger charge is 2.41. The summed E-state index contributed by atoms with van der Waals surface area (Å²) in [5, 5.41) is 18.6. The lowest BCUT2D eigenvalue weighted by molar-refractivity contribution is -0.433. The van der Waals surface area contributed by atoms with Crippen LogP contribution in [0.1, 0.15) is 15.2 Å². The molecule has 1 aliphatic rings. The SMILES string of the molecule is C=C1C=[N+](C[C@H](N)C(=O)O)C(=O)N(Cc2cc(-c3ccccc3)sc2C(=O)O)C1=O. The van der Waals surface area contributed by atoms with Crippen molar-refractivity contribution in [2.24, 2.45) is 5.73 Å². The third-order valence-corrected chi connectivity index (χ3v) is 5.62. The summed E-state index contributed by atoms with van der Waals surface area (Å²) < 4.78 is 0.993. The van der Waals surface area contributed by atoms with Gasteiger partial charge in [-0.3, -0.25) is 4.79 Å². The first kappa shape index (κ1) is 21.1. The molecular formula is C20H18N3O6S+. The summed E-state index contributed by atoms with van der Waals surface area (Å²) >= 11 is 1.04. The molecule has 2 heterocycles. The molecule has 30 heavy (non-hydrogen) atoms. The number of carboxylic acids is 2. The predicted octanol–water partition coefficient (Wildman–Crippen LogP) is 1.63. The molecule has 0 radical (unpaired) electrons. The van der Waals surface area contributed by atoms with Crippen molar-refractivity contribution in [3.05, 3.63) is 59.0 Å². The molecule has 1 aliphatic heterocycles. The molecule has 0 fully saturated rings. The van der Waals surface area contributed by atoms with Crippen LogP contribution in [0, 0.1) is 0 Å². The second kappa shape index (κ2) is 8.39. The van der Waals surface area contributed by atoms with E-state index in [2.05, 4.69) is 6.58 Å². The maximum absolute atomic E-state index is 12.8. The number of urea groups is 1. The second-order valence-corrected chi connectivity index (χ2v) is 7.61. The fourth-order valence-corrected chi connectivity index (χ4v) is 3.93. The lowest BCUT2D eigenvalue weighted by Gasteiger charge is -2.20. The fraction of sp³-hybridized carbons (Fsp3) is 0.150. The molecule has 1 atom stereocenters. The summed E-state index contributed by atoms with van der Waals surface area (Å²) in [6.07, 6.45) is 1.14. The summed E-state index contributed by atoms with van der Waals surface area (Å²) in [7, 11) is 0. The van der Waals surface area contributed by atoms with Crippen LogP contribution < -0.4 is 5.73 Å². The third-order valence-electron chi connectivity index (χ3n) is 4.41. The molecule has 0 unspecified atom stereocenters. The van der Waals surface area contributed by atoms with Crippen molar-refractivity contribution in [1.29, 1.82) is 0 Å². The van der Waals surface area contributed by atoms with E-state index < -0.39 is 29.9 Å². The molecule has 10 heteroatoms. The smallest absolute Gasteiger partial charge is 0.480 e.